The minimum atomic E-state index is -2.55. The maximum absolute atomic E-state index is 12.7. The number of benzene rings is 1. The Labute approximate surface area is 92.9 Å². The van der Waals surface area contributed by atoms with Gasteiger partial charge in [-0.2, -0.15) is 0 Å². The molecule has 0 saturated heterocycles. The van der Waals surface area contributed by atoms with Crippen molar-refractivity contribution in [2.45, 2.75) is 32.6 Å². The molecular weight excluding hydrogens is 214 g/mol. The number of carboxylic acid groups (broad SMARTS) is 1. The summed E-state index contributed by atoms with van der Waals surface area (Å²) >= 11 is 0. The summed E-state index contributed by atoms with van der Waals surface area (Å²) in [6, 6.07) is 4.72. The smallest absolute Gasteiger partial charge is 0.303 e. The summed E-state index contributed by atoms with van der Waals surface area (Å²) in [5.74, 6) is -0.967. The summed E-state index contributed by atoms with van der Waals surface area (Å²) in [5.41, 5.74) is 1.25. The van der Waals surface area contributed by atoms with E-state index < -0.39 is 12.4 Å². The Balaban J connectivity index is 3.04. The van der Waals surface area contributed by atoms with Crippen LogP contribution in [-0.2, 0) is 17.6 Å². The molecule has 0 spiro atoms. The molecule has 0 radical (unpaired) electrons. The molecule has 2 nitrogen and oxygen atoms in total. The second-order valence-electron chi connectivity index (χ2n) is 3.53. The first kappa shape index (κ1) is 12.6. The van der Waals surface area contributed by atoms with Crippen LogP contribution in [0, 0.1) is 0 Å². The summed E-state index contributed by atoms with van der Waals surface area (Å²) in [6.07, 6.45) is -1.86. The van der Waals surface area contributed by atoms with Crippen LogP contribution in [0.15, 0.2) is 18.2 Å². The summed E-state index contributed by atoms with van der Waals surface area (Å²) < 4.78 is 25.4. The van der Waals surface area contributed by atoms with E-state index in [9.17, 15) is 13.6 Å². The Hall–Kier alpha value is -1.45. The van der Waals surface area contributed by atoms with Crippen molar-refractivity contribution >= 4 is 5.97 Å². The molecule has 0 atom stereocenters. The van der Waals surface area contributed by atoms with Crippen molar-refractivity contribution in [2.75, 3.05) is 0 Å². The van der Waals surface area contributed by atoms with Crippen LogP contribution in [0.5, 0.6) is 0 Å². The molecule has 1 aromatic carbocycles. The Morgan fingerprint density at radius 1 is 1.44 bits per heavy atom. The van der Waals surface area contributed by atoms with E-state index >= 15 is 0 Å². The first-order valence-electron chi connectivity index (χ1n) is 5.16. The third-order valence-corrected chi connectivity index (χ3v) is 2.51. The van der Waals surface area contributed by atoms with Crippen LogP contribution in [0.25, 0.3) is 0 Å². The minimum absolute atomic E-state index is 0.0411. The highest BCUT2D eigenvalue weighted by atomic mass is 19.3. The van der Waals surface area contributed by atoms with Gasteiger partial charge >= 0.3 is 5.97 Å². The van der Waals surface area contributed by atoms with Gasteiger partial charge in [-0.1, -0.05) is 25.1 Å². The lowest BCUT2D eigenvalue weighted by atomic mass is 9.95. The third kappa shape index (κ3) is 3.02. The predicted octanol–water partition coefficient (Wildman–Crippen LogP) is 3.20. The maximum atomic E-state index is 12.7. The molecule has 1 N–H and O–H groups in total. The Kier molecular flexibility index (Phi) is 4.40. The molecule has 88 valence electrons. The van der Waals surface area contributed by atoms with E-state index in [1.807, 2.05) is 6.92 Å². The standard InChI is InChI=1S/C12H14F2O2/c1-2-8-4-3-5-10(12(13)14)9(8)6-7-11(15)16/h3-5,12H,2,6-7H2,1H3,(H,15,16). The molecule has 0 aliphatic heterocycles. The van der Waals surface area contributed by atoms with Crippen molar-refractivity contribution in [3.63, 3.8) is 0 Å². The largest absolute Gasteiger partial charge is 0.481 e. The van der Waals surface area contributed by atoms with E-state index in [4.69, 9.17) is 5.11 Å². The zero-order valence-corrected chi connectivity index (χ0v) is 9.04. The molecule has 0 bridgehead atoms. The van der Waals surface area contributed by atoms with Gasteiger partial charge in [-0.05, 0) is 24.0 Å². The zero-order chi connectivity index (χ0) is 12.1. The Morgan fingerprint density at radius 2 is 2.12 bits per heavy atom. The van der Waals surface area contributed by atoms with Gasteiger partial charge < -0.3 is 5.11 Å². The van der Waals surface area contributed by atoms with Gasteiger partial charge in [-0.25, -0.2) is 8.78 Å². The van der Waals surface area contributed by atoms with Crippen molar-refractivity contribution in [3.8, 4) is 0 Å². The quantitative estimate of drug-likeness (QED) is 0.840. The topological polar surface area (TPSA) is 37.3 Å². The van der Waals surface area contributed by atoms with Crippen LogP contribution < -0.4 is 0 Å². The number of aryl methyl sites for hydroxylation is 1. The fourth-order valence-corrected chi connectivity index (χ4v) is 1.73. The van der Waals surface area contributed by atoms with E-state index in [-0.39, 0.29) is 18.4 Å². The van der Waals surface area contributed by atoms with Crippen molar-refractivity contribution in [1.82, 2.24) is 0 Å². The first-order valence-corrected chi connectivity index (χ1v) is 5.16. The van der Waals surface area contributed by atoms with E-state index in [1.165, 1.54) is 6.07 Å². The predicted molar refractivity (Wildman–Crippen MR) is 56.7 cm³/mol. The lowest BCUT2D eigenvalue weighted by Crippen LogP contribution is -2.04. The molecule has 0 unspecified atom stereocenters. The molecule has 0 fully saturated rings. The molecule has 4 heteroatoms. The van der Waals surface area contributed by atoms with E-state index in [0.717, 1.165) is 5.56 Å². The molecule has 1 rings (SSSR count). The molecule has 0 aliphatic carbocycles. The highest BCUT2D eigenvalue weighted by Gasteiger charge is 2.15. The number of hydrogen-bond donors (Lipinski definition) is 1. The van der Waals surface area contributed by atoms with Crippen molar-refractivity contribution in [3.05, 3.63) is 34.9 Å². The second-order valence-corrected chi connectivity index (χ2v) is 3.53. The molecule has 16 heavy (non-hydrogen) atoms. The summed E-state index contributed by atoms with van der Waals surface area (Å²) in [5, 5.41) is 8.58. The van der Waals surface area contributed by atoms with Gasteiger partial charge in [0.05, 0.1) is 0 Å². The van der Waals surface area contributed by atoms with Gasteiger partial charge in [-0.15, -0.1) is 0 Å². The number of rotatable bonds is 5. The van der Waals surface area contributed by atoms with E-state index in [1.54, 1.807) is 12.1 Å². The highest BCUT2D eigenvalue weighted by molar-refractivity contribution is 5.67. The number of halogens is 2. The lowest BCUT2D eigenvalue weighted by molar-refractivity contribution is -0.136. The molecule has 1 aromatic rings. The van der Waals surface area contributed by atoms with E-state index in [2.05, 4.69) is 0 Å². The molecule has 0 aromatic heterocycles. The van der Waals surface area contributed by atoms with Crippen molar-refractivity contribution < 1.29 is 18.7 Å². The van der Waals surface area contributed by atoms with E-state index in [0.29, 0.717) is 12.0 Å². The van der Waals surface area contributed by atoms with Crippen LogP contribution >= 0.6 is 0 Å². The van der Waals surface area contributed by atoms with Crippen molar-refractivity contribution in [2.24, 2.45) is 0 Å². The van der Waals surface area contributed by atoms with Crippen LogP contribution in [0.2, 0.25) is 0 Å². The monoisotopic (exact) mass is 228 g/mol. The lowest BCUT2D eigenvalue weighted by Gasteiger charge is -2.12. The minimum Gasteiger partial charge on any atom is -0.481 e. The number of carboxylic acids is 1. The molecular formula is C12H14F2O2. The zero-order valence-electron chi connectivity index (χ0n) is 9.04. The fraction of sp³-hybridized carbons (Fsp3) is 0.417. The van der Waals surface area contributed by atoms with Gasteiger partial charge in [0.25, 0.3) is 6.43 Å². The van der Waals surface area contributed by atoms with Gasteiger partial charge in [0.15, 0.2) is 0 Å². The summed E-state index contributed by atoms with van der Waals surface area (Å²) in [6.45, 7) is 1.87. The second kappa shape index (κ2) is 5.58. The average Bonchev–Trinajstić information content (AvgIpc) is 2.25. The number of aliphatic carboxylic acids is 1. The van der Waals surface area contributed by atoms with Gasteiger partial charge in [0, 0.05) is 12.0 Å². The Morgan fingerprint density at radius 3 is 2.62 bits per heavy atom. The molecule has 0 aliphatic rings. The average molecular weight is 228 g/mol. The molecule has 0 amide bonds. The summed E-state index contributed by atoms with van der Waals surface area (Å²) in [4.78, 5) is 10.5. The summed E-state index contributed by atoms with van der Waals surface area (Å²) in [7, 11) is 0. The number of carbonyl (C=O) groups is 1. The molecule has 0 saturated carbocycles. The normalized spacial score (nSPS) is 10.8. The van der Waals surface area contributed by atoms with Gasteiger partial charge in [-0.3, -0.25) is 4.79 Å². The number of hydrogen-bond acceptors (Lipinski definition) is 1. The van der Waals surface area contributed by atoms with Crippen LogP contribution in [0.4, 0.5) is 8.78 Å². The first-order chi connectivity index (χ1) is 7.56. The maximum Gasteiger partial charge on any atom is 0.303 e. The Bertz CT molecular complexity index is 375. The molecule has 0 heterocycles. The third-order valence-electron chi connectivity index (χ3n) is 2.51. The number of alkyl halides is 2. The highest BCUT2D eigenvalue weighted by Crippen LogP contribution is 2.26. The van der Waals surface area contributed by atoms with Crippen LogP contribution in [-0.4, -0.2) is 11.1 Å². The SMILES string of the molecule is CCc1cccc(C(F)F)c1CCC(=O)O. The van der Waals surface area contributed by atoms with Crippen LogP contribution in [0.3, 0.4) is 0 Å². The van der Waals surface area contributed by atoms with Gasteiger partial charge in [0.1, 0.15) is 0 Å². The van der Waals surface area contributed by atoms with Gasteiger partial charge in [0.2, 0.25) is 0 Å². The fourth-order valence-electron chi connectivity index (χ4n) is 1.73. The van der Waals surface area contributed by atoms with Crippen molar-refractivity contribution in [1.29, 1.82) is 0 Å². The van der Waals surface area contributed by atoms with Crippen LogP contribution in [0.1, 0.15) is 36.5 Å².